The molecule has 0 fully saturated rings. The van der Waals surface area contributed by atoms with Crippen molar-refractivity contribution in [2.75, 3.05) is 6.61 Å². The number of carbonyl (C=O) groups is 1. The fourth-order valence-corrected chi connectivity index (χ4v) is 2.77. The van der Waals surface area contributed by atoms with E-state index in [4.69, 9.17) is 4.74 Å². The van der Waals surface area contributed by atoms with Crippen molar-refractivity contribution in [2.45, 2.75) is 51.4 Å². The number of aliphatic hydroxyl groups is 1. The first-order chi connectivity index (χ1) is 7.85. The molecule has 0 aromatic carbocycles. The molecule has 0 radical (unpaired) electrons. The number of hydrogen-bond donors (Lipinski definition) is 1. The maximum Gasteiger partial charge on any atom is 0.308 e. The van der Waals surface area contributed by atoms with Gasteiger partial charge < -0.3 is 9.84 Å². The number of hydrogen-bond acceptors (Lipinski definition) is 5. The van der Waals surface area contributed by atoms with Gasteiger partial charge in [-0.2, -0.15) is 0 Å². The molecule has 1 N–H and O–H groups in total. The minimum Gasteiger partial charge on any atom is -0.461 e. The highest BCUT2D eigenvalue weighted by molar-refractivity contribution is 8.78. The molecule has 17 heavy (non-hydrogen) atoms. The van der Waals surface area contributed by atoms with E-state index in [2.05, 4.69) is 13.8 Å². The average Bonchev–Trinajstić information content (AvgIpc) is 2.20. The van der Waals surface area contributed by atoms with Crippen LogP contribution >= 0.6 is 21.6 Å². The largest absolute Gasteiger partial charge is 0.461 e. The molecule has 0 amide bonds. The summed E-state index contributed by atoms with van der Waals surface area (Å²) in [4.78, 5) is 11.2. The van der Waals surface area contributed by atoms with Crippen molar-refractivity contribution in [2.24, 2.45) is 0 Å². The highest BCUT2D eigenvalue weighted by Gasteiger charge is 2.18. The zero-order valence-electron chi connectivity index (χ0n) is 10.9. The summed E-state index contributed by atoms with van der Waals surface area (Å²) in [6.07, 6.45) is 2.98. The molecule has 0 spiro atoms. The van der Waals surface area contributed by atoms with E-state index in [0.717, 1.165) is 6.42 Å². The smallest absolute Gasteiger partial charge is 0.308 e. The van der Waals surface area contributed by atoms with Crippen molar-refractivity contribution in [3.63, 3.8) is 0 Å². The average molecular weight is 278 g/mol. The van der Waals surface area contributed by atoms with Crippen LogP contribution in [0.25, 0.3) is 0 Å². The van der Waals surface area contributed by atoms with Crippen molar-refractivity contribution >= 4 is 27.6 Å². The van der Waals surface area contributed by atoms with Gasteiger partial charge in [0.1, 0.15) is 6.61 Å². The second-order valence-corrected chi connectivity index (χ2v) is 7.07. The quantitative estimate of drug-likeness (QED) is 0.545. The molecule has 0 saturated carbocycles. The summed E-state index contributed by atoms with van der Waals surface area (Å²) in [5.74, 6) is -0.373. The van der Waals surface area contributed by atoms with Crippen LogP contribution in [0, 0.1) is 0 Å². The molecule has 0 heterocycles. The molecule has 100 valence electrons. The van der Waals surface area contributed by atoms with E-state index < -0.39 is 5.60 Å². The van der Waals surface area contributed by atoms with Crippen LogP contribution in [0.2, 0.25) is 0 Å². The Morgan fingerprint density at radius 1 is 1.53 bits per heavy atom. The summed E-state index contributed by atoms with van der Waals surface area (Å²) >= 11 is 0. The number of rotatable bonds is 8. The first-order valence-corrected chi connectivity index (χ1v) is 7.98. The van der Waals surface area contributed by atoms with Crippen LogP contribution in [-0.4, -0.2) is 28.5 Å². The minimum atomic E-state index is -0.998. The number of esters is 1. The predicted molar refractivity (Wildman–Crippen MR) is 75.9 cm³/mol. The van der Waals surface area contributed by atoms with Gasteiger partial charge in [-0.3, -0.25) is 4.79 Å². The van der Waals surface area contributed by atoms with E-state index >= 15 is 0 Å². The standard InChI is InChI=1S/C12H22O3S2/c1-5-10(2)17-16-8-6-7-15-11(13)9-12(3,4)14/h6,8,10,14H,5,7,9H2,1-4H3/b8-6+. The van der Waals surface area contributed by atoms with Gasteiger partial charge in [0.15, 0.2) is 0 Å². The van der Waals surface area contributed by atoms with Crippen LogP contribution < -0.4 is 0 Å². The summed E-state index contributed by atoms with van der Waals surface area (Å²) in [5, 5.41) is 11.9. The summed E-state index contributed by atoms with van der Waals surface area (Å²) < 4.78 is 4.94. The van der Waals surface area contributed by atoms with Gasteiger partial charge in [0.25, 0.3) is 0 Å². The lowest BCUT2D eigenvalue weighted by Crippen LogP contribution is -2.24. The SMILES string of the molecule is CCC(C)SS/C=C/COC(=O)CC(C)(C)O. The molecule has 0 aliphatic carbocycles. The Kier molecular flexibility index (Phi) is 8.82. The van der Waals surface area contributed by atoms with Gasteiger partial charge in [-0.15, -0.1) is 0 Å². The lowest BCUT2D eigenvalue weighted by atomic mass is 10.1. The molecule has 5 heteroatoms. The molecule has 3 nitrogen and oxygen atoms in total. The molecular formula is C12H22O3S2. The van der Waals surface area contributed by atoms with Crippen LogP contribution in [0.15, 0.2) is 11.5 Å². The lowest BCUT2D eigenvalue weighted by molar-refractivity contribution is -0.146. The van der Waals surface area contributed by atoms with Crippen molar-refractivity contribution in [3.8, 4) is 0 Å². The van der Waals surface area contributed by atoms with Gasteiger partial charge in [-0.05, 0) is 31.8 Å². The van der Waals surface area contributed by atoms with E-state index in [1.54, 1.807) is 35.4 Å². The van der Waals surface area contributed by atoms with E-state index in [-0.39, 0.29) is 19.0 Å². The minimum absolute atomic E-state index is 0.0234. The summed E-state index contributed by atoms with van der Waals surface area (Å²) in [6.45, 7) is 7.77. The molecule has 0 aliphatic rings. The van der Waals surface area contributed by atoms with Gasteiger partial charge in [0, 0.05) is 5.25 Å². The Morgan fingerprint density at radius 2 is 2.18 bits per heavy atom. The fraction of sp³-hybridized carbons (Fsp3) is 0.750. The van der Waals surface area contributed by atoms with Crippen LogP contribution in [0.1, 0.15) is 40.5 Å². The molecule has 0 aliphatic heterocycles. The zero-order chi connectivity index (χ0) is 13.3. The monoisotopic (exact) mass is 278 g/mol. The highest BCUT2D eigenvalue weighted by atomic mass is 33.1. The van der Waals surface area contributed by atoms with Crippen LogP contribution in [0.4, 0.5) is 0 Å². The van der Waals surface area contributed by atoms with Crippen molar-refractivity contribution in [1.82, 2.24) is 0 Å². The molecule has 0 aromatic heterocycles. The number of carbonyl (C=O) groups excluding carboxylic acids is 1. The van der Waals surface area contributed by atoms with Gasteiger partial charge in [0.2, 0.25) is 0 Å². The maximum absolute atomic E-state index is 11.2. The second-order valence-electron chi connectivity index (χ2n) is 4.46. The van der Waals surface area contributed by atoms with Crippen LogP contribution in [-0.2, 0) is 9.53 Å². The third-order valence-electron chi connectivity index (χ3n) is 1.86. The molecule has 1 unspecified atom stereocenters. The number of ether oxygens (including phenoxy) is 1. The highest BCUT2D eigenvalue weighted by Crippen LogP contribution is 2.28. The Morgan fingerprint density at radius 3 is 2.71 bits per heavy atom. The van der Waals surface area contributed by atoms with Gasteiger partial charge >= 0.3 is 5.97 Å². The van der Waals surface area contributed by atoms with Crippen LogP contribution in [0.3, 0.4) is 0 Å². The summed E-state index contributed by atoms with van der Waals surface area (Å²) in [5.41, 5.74) is -0.998. The van der Waals surface area contributed by atoms with Gasteiger partial charge in [-0.25, -0.2) is 0 Å². The third kappa shape index (κ3) is 12.1. The Labute approximate surface area is 112 Å². The van der Waals surface area contributed by atoms with E-state index in [0.29, 0.717) is 5.25 Å². The van der Waals surface area contributed by atoms with E-state index in [9.17, 15) is 9.90 Å². The normalized spacial score (nSPS) is 13.9. The maximum atomic E-state index is 11.2. The predicted octanol–water partition coefficient (Wildman–Crippen LogP) is 3.38. The Balaban J connectivity index is 3.56. The topological polar surface area (TPSA) is 46.5 Å². The zero-order valence-corrected chi connectivity index (χ0v) is 12.6. The van der Waals surface area contributed by atoms with Gasteiger partial charge in [0.05, 0.1) is 12.0 Å². The van der Waals surface area contributed by atoms with E-state index in [1.807, 2.05) is 11.5 Å². The van der Waals surface area contributed by atoms with Crippen molar-refractivity contribution in [1.29, 1.82) is 0 Å². The summed E-state index contributed by atoms with van der Waals surface area (Å²) in [7, 11) is 3.44. The van der Waals surface area contributed by atoms with E-state index in [1.165, 1.54) is 0 Å². The molecule has 1 atom stereocenters. The summed E-state index contributed by atoms with van der Waals surface area (Å²) in [6, 6.07) is 0. The molecular weight excluding hydrogens is 256 g/mol. The Bertz CT molecular complexity index is 247. The fourth-order valence-electron chi connectivity index (χ4n) is 0.819. The van der Waals surface area contributed by atoms with Crippen molar-refractivity contribution < 1.29 is 14.6 Å². The lowest BCUT2D eigenvalue weighted by Gasteiger charge is -2.14. The molecule has 0 saturated heterocycles. The molecule has 0 aromatic rings. The Hall–Kier alpha value is -0.130. The third-order valence-corrected chi connectivity index (χ3v) is 4.59. The van der Waals surface area contributed by atoms with Gasteiger partial charge in [-0.1, -0.05) is 35.4 Å². The molecule has 0 rings (SSSR count). The van der Waals surface area contributed by atoms with Crippen LogP contribution in [0.5, 0.6) is 0 Å². The first kappa shape index (κ1) is 16.9. The second kappa shape index (κ2) is 8.89. The first-order valence-electron chi connectivity index (χ1n) is 5.70. The molecule has 0 bridgehead atoms. The van der Waals surface area contributed by atoms with Crippen molar-refractivity contribution in [3.05, 3.63) is 11.5 Å².